The SMILES string of the molecule is CC(NC(=O)/C=C/c1c(Cl)cccc1Cl)C(=O)NCc1ccco1. The summed E-state index contributed by atoms with van der Waals surface area (Å²) >= 11 is 12.0. The van der Waals surface area contributed by atoms with Crippen molar-refractivity contribution in [3.05, 3.63) is 64.0 Å². The molecular weight excluding hydrogens is 351 g/mol. The van der Waals surface area contributed by atoms with Crippen molar-refractivity contribution in [2.75, 3.05) is 0 Å². The molecule has 1 heterocycles. The van der Waals surface area contributed by atoms with E-state index in [9.17, 15) is 9.59 Å². The number of hydrogen-bond acceptors (Lipinski definition) is 3. The summed E-state index contributed by atoms with van der Waals surface area (Å²) in [6.07, 6.45) is 4.31. The Kier molecular flexibility index (Phi) is 6.46. The van der Waals surface area contributed by atoms with Gasteiger partial charge in [0.05, 0.1) is 12.8 Å². The lowest BCUT2D eigenvalue weighted by atomic mass is 10.2. The van der Waals surface area contributed by atoms with Gasteiger partial charge in [0, 0.05) is 21.7 Å². The van der Waals surface area contributed by atoms with Crippen LogP contribution in [0.5, 0.6) is 0 Å². The first kappa shape index (κ1) is 18.1. The zero-order valence-corrected chi connectivity index (χ0v) is 14.4. The molecule has 0 aliphatic rings. The van der Waals surface area contributed by atoms with Crippen LogP contribution in [0, 0.1) is 0 Å². The van der Waals surface area contributed by atoms with Crippen molar-refractivity contribution in [2.45, 2.75) is 19.5 Å². The summed E-state index contributed by atoms with van der Waals surface area (Å²) < 4.78 is 5.12. The van der Waals surface area contributed by atoms with Crippen molar-refractivity contribution in [3.63, 3.8) is 0 Å². The average molecular weight is 367 g/mol. The number of carbonyl (C=O) groups is 2. The minimum atomic E-state index is -0.696. The fourth-order valence-electron chi connectivity index (χ4n) is 1.90. The number of benzene rings is 1. The van der Waals surface area contributed by atoms with Gasteiger partial charge in [-0.1, -0.05) is 29.3 Å². The number of furan rings is 1. The average Bonchev–Trinajstić information content (AvgIpc) is 3.05. The topological polar surface area (TPSA) is 71.3 Å². The Balaban J connectivity index is 1.86. The fourth-order valence-corrected chi connectivity index (χ4v) is 2.42. The van der Waals surface area contributed by atoms with Crippen LogP contribution in [0.3, 0.4) is 0 Å². The molecule has 0 fully saturated rings. The molecule has 0 bridgehead atoms. The summed E-state index contributed by atoms with van der Waals surface area (Å²) in [4.78, 5) is 23.8. The van der Waals surface area contributed by atoms with Crippen LogP contribution in [0.2, 0.25) is 10.0 Å². The molecule has 0 saturated carbocycles. The van der Waals surface area contributed by atoms with Crippen molar-refractivity contribution < 1.29 is 14.0 Å². The first-order valence-electron chi connectivity index (χ1n) is 7.20. The third-order valence-corrected chi connectivity index (χ3v) is 3.83. The largest absolute Gasteiger partial charge is 0.467 e. The van der Waals surface area contributed by atoms with Gasteiger partial charge in [-0.25, -0.2) is 0 Å². The molecule has 1 aromatic carbocycles. The molecule has 0 spiro atoms. The van der Waals surface area contributed by atoms with E-state index in [1.807, 2.05) is 0 Å². The highest BCUT2D eigenvalue weighted by Gasteiger charge is 2.14. The smallest absolute Gasteiger partial charge is 0.244 e. The maximum Gasteiger partial charge on any atom is 0.244 e. The van der Waals surface area contributed by atoms with E-state index >= 15 is 0 Å². The Morgan fingerprint density at radius 2 is 1.92 bits per heavy atom. The van der Waals surface area contributed by atoms with Gasteiger partial charge in [0.1, 0.15) is 11.8 Å². The summed E-state index contributed by atoms with van der Waals surface area (Å²) in [7, 11) is 0. The van der Waals surface area contributed by atoms with Gasteiger partial charge in [-0.3, -0.25) is 9.59 Å². The molecule has 2 N–H and O–H groups in total. The predicted molar refractivity (Wildman–Crippen MR) is 93.7 cm³/mol. The molecule has 2 aromatic rings. The fraction of sp³-hybridized carbons (Fsp3) is 0.176. The number of rotatable bonds is 6. The van der Waals surface area contributed by atoms with E-state index in [4.69, 9.17) is 27.6 Å². The minimum absolute atomic E-state index is 0.261. The molecule has 1 atom stereocenters. The van der Waals surface area contributed by atoms with Gasteiger partial charge in [-0.15, -0.1) is 0 Å². The van der Waals surface area contributed by atoms with Crippen molar-refractivity contribution >= 4 is 41.1 Å². The molecule has 7 heteroatoms. The Morgan fingerprint density at radius 3 is 2.54 bits per heavy atom. The van der Waals surface area contributed by atoms with E-state index in [-0.39, 0.29) is 12.5 Å². The highest BCUT2D eigenvalue weighted by molar-refractivity contribution is 6.37. The quantitative estimate of drug-likeness (QED) is 0.769. The summed E-state index contributed by atoms with van der Waals surface area (Å²) in [6, 6.07) is 7.86. The van der Waals surface area contributed by atoms with Gasteiger partial charge in [-0.05, 0) is 37.3 Å². The van der Waals surface area contributed by atoms with Crippen LogP contribution in [-0.2, 0) is 16.1 Å². The Morgan fingerprint density at radius 1 is 1.21 bits per heavy atom. The molecule has 24 heavy (non-hydrogen) atoms. The highest BCUT2D eigenvalue weighted by Crippen LogP contribution is 2.25. The van der Waals surface area contributed by atoms with Crippen LogP contribution in [0.15, 0.2) is 47.1 Å². The molecule has 0 saturated heterocycles. The summed E-state index contributed by atoms with van der Waals surface area (Å²) in [6.45, 7) is 1.85. The second-order valence-corrected chi connectivity index (χ2v) is 5.81. The van der Waals surface area contributed by atoms with Crippen molar-refractivity contribution in [3.8, 4) is 0 Å². The molecule has 1 aromatic heterocycles. The molecule has 0 radical (unpaired) electrons. The Bertz CT molecular complexity index is 722. The molecule has 1 unspecified atom stereocenters. The summed E-state index contributed by atoms with van der Waals surface area (Å²) in [5, 5.41) is 6.11. The first-order chi connectivity index (χ1) is 11.5. The lowest BCUT2D eigenvalue weighted by Crippen LogP contribution is -2.44. The molecule has 2 rings (SSSR count). The maximum absolute atomic E-state index is 11.9. The maximum atomic E-state index is 11.9. The van der Waals surface area contributed by atoms with E-state index in [1.54, 1.807) is 37.3 Å². The van der Waals surface area contributed by atoms with Crippen LogP contribution in [-0.4, -0.2) is 17.9 Å². The van der Waals surface area contributed by atoms with Gasteiger partial charge < -0.3 is 15.1 Å². The number of carbonyl (C=O) groups excluding carboxylic acids is 2. The van der Waals surface area contributed by atoms with Gasteiger partial charge in [0.25, 0.3) is 0 Å². The molecule has 0 aliphatic heterocycles. The van der Waals surface area contributed by atoms with E-state index in [2.05, 4.69) is 10.6 Å². The van der Waals surface area contributed by atoms with Crippen LogP contribution in [0.4, 0.5) is 0 Å². The molecule has 0 aliphatic carbocycles. The van der Waals surface area contributed by atoms with Gasteiger partial charge in [-0.2, -0.15) is 0 Å². The molecule has 126 valence electrons. The number of nitrogens with one attached hydrogen (secondary N) is 2. The van der Waals surface area contributed by atoms with Crippen LogP contribution in [0.25, 0.3) is 6.08 Å². The molecule has 5 nitrogen and oxygen atoms in total. The number of halogens is 2. The summed E-state index contributed by atoms with van der Waals surface area (Å²) in [5.74, 6) is -0.106. The number of amides is 2. The van der Waals surface area contributed by atoms with Crippen molar-refractivity contribution in [2.24, 2.45) is 0 Å². The standard InChI is InChI=1S/C17H16Cl2N2O3/c1-11(17(23)20-10-12-4-3-9-24-12)21-16(22)8-7-13-14(18)5-2-6-15(13)19/h2-9,11H,10H2,1H3,(H,20,23)(H,21,22)/b8-7+. The second kappa shape index (κ2) is 8.57. The van der Waals surface area contributed by atoms with Gasteiger partial charge >= 0.3 is 0 Å². The number of hydrogen-bond donors (Lipinski definition) is 2. The zero-order valence-electron chi connectivity index (χ0n) is 12.9. The van der Waals surface area contributed by atoms with Crippen LogP contribution < -0.4 is 10.6 Å². The van der Waals surface area contributed by atoms with E-state index in [0.717, 1.165) is 0 Å². The van der Waals surface area contributed by atoms with Gasteiger partial charge in [0.15, 0.2) is 0 Å². The normalized spacial score (nSPS) is 12.1. The molecular formula is C17H16Cl2N2O3. The monoisotopic (exact) mass is 366 g/mol. The Labute approximate surface area is 149 Å². The first-order valence-corrected chi connectivity index (χ1v) is 7.95. The third kappa shape index (κ3) is 5.15. The van der Waals surface area contributed by atoms with Gasteiger partial charge in [0.2, 0.25) is 11.8 Å². The van der Waals surface area contributed by atoms with E-state index in [1.165, 1.54) is 18.4 Å². The molecule has 2 amide bonds. The third-order valence-electron chi connectivity index (χ3n) is 3.17. The highest BCUT2D eigenvalue weighted by atomic mass is 35.5. The van der Waals surface area contributed by atoms with Crippen molar-refractivity contribution in [1.29, 1.82) is 0 Å². The zero-order chi connectivity index (χ0) is 17.5. The minimum Gasteiger partial charge on any atom is -0.467 e. The lowest BCUT2D eigenvalue weighted by Gasteiger charge is -2.12. The predicted octanol–water partition coefficient (Wildman–Crippen LogP) is 3.42. The Hall–Kier alpha value is -2.24. The second-order valence-electron chi connectivity index (χ2n) is 5.00. The van der Waals surface area contributed by atoms with Crippen molar-refractivity contribution in [1.82, 2.24) is 10.6 Å². The summed E-state index contributed by atoms with van der Waals surface area (Å²) in [5.41, 5.74) is 0.547. The van der Waals surface area contributed by atoms with E-state index in [0.29, 0.717) is 21.4 Å². The van der Waals surface area contributed by atoms with E-state index < -0.39 is 11.9 Å². The van der Waals surface area contributed by atoms with Crippen LogP contribution >= 0.6 is 23.2 Å². The lowest BCUT2D eigenvalue weighted by molar-refractivity contribution is -0.126. The van der Waals surface area contributed by atoms with Crippen LogP contribution in [0.1, 0.15) is 18.2 Å².